The van der Waals surface area contributed by atoms with E-state index in [0.717, 1.165) is 10.1 Å². The van der Waals surface area contributed by atoms with E-state index >= 15 is 0 Å². The molecule has 0 saturated heterocycles. The van der Waals surface area contributed by atoms with Gasteiger partial charge in [0.15, 0.2) is 0 Å². The van der Waals surface area contributed by atoms with Crippen LogP contribution in [0, 0.1) is 0 Å². The molecule has 1 aromatic heterocycles. The summed E-state index contributed by atoms with van der Waals surface area (Å²) < 4.78 is 7.92. The SMILES string of the molecule is CNCc1ccc2c(c1)c(=O)n(-c1ccc(C[C@H](NC(=O)c3c(Cl)cccc3Cl)C(=O)OC(C)C)cc1)c(=O)n2C.Cl. The van der Waals surface area contributed by atoms with Crippen molar-refractivity contribution in [3.63, 3.8) is 0 Å². The van der Waals surface area contributed by atoms with Crippen molar-refractivity contribution in [2.75, 3.05) is 7.05 Å². The van der Waals surface area contributed by atoms with Crippen LogP contribution < -0.4 is 21.9 Å². The van der Waals surface area contributed by atoms with E-state index in [1.54, 1.807) is 63.4 Å². The molecule has 0 bridgehead atoms. The van der Waals surface area contributed by atoms with Crippen LogP contribution in [0.5, 0.6) is 0 Å². The number of aromatic nitrogens is 2. The maximum atomic E-state index is 13.4. The molecule has 12 heteroatoms. The number of amides is 1. The van der Waals surface area contributed by atoms with E-state index in [4.69, 9.17) is 27.9 Å². The highest BCUT2D eigenvalue weighted by Gasteiger charge is 2.26. The fraction of sp³-hybridized carbons (Fsp3) is 0.267. The van der Waals surface area contributed by atoms with E-state index in [9.17, 15) is 19.2 Å². The number of nitrogens with zero attached hydrogens (tertiary/aromatic N) is 2. The van der Waals surface area contributed by atoms with Crippen LogP contribution in [0.3, 0.4) is 0 Å². The number of hydrogen-bond donors (Lipinski definition) is 2. The second-order valence-electron chi connectivity index (χ2n) is 9.84. The Hall–Kier alpha value is -3.63. The zero-order valence-corrected chi connectivity index (χ0v) is 25.8. The first-order valence-electron chi connectivity index (χ1n) is 13.0. The zero-order chi connectivity index (χ0) is 29.8. The minimum atomic E-state index is -1.05. The number of carbonyl (C=O) groups is 2. The van der Waals surface area contributed by atoms with Crippen molar-refractivity contribution in [3.8, 4) is 5.69 Å². The molecule has 0 fully saturated rings. The Morgan fingerprint density at radius 1 is 0.952 bits per heavy atom. The molecule has 1 amide bonds. The average Bonchev–Trinajstić information content (AvgIpc) is 2.92. The van der Waals surface area contributed by atoms with Crippen LogP contribution in [0.4, 0.5) is 0 Å². The smallest absolute Gasteiger partial charge is 0.335 e. The minimum Gasteiger partial charge on any atom is -0.461 e. The number of esters is 1. The van der Waals surface area contributed by atoms with Crippen molar-refractivity contribution >= 4 is 58.4 Å². The number of carbonyl (C=O) groups excluding carboxylic acids is 2. The molecular formula is C30H31Cl3N4O5. The normalized spacial score (nSPS) is 11.7. The number of rotatable bonds is 9. The van der Waals surface area contributed by atoms with E-state index in [2.05, 4.69) is 10.6 Å². The number of aryl methyl sites for hydroxylation is 1. The zero-order valence-electron chi connectivity index (χ0n) is 23.4. The lowest BCUT2D eigenvalue weighted by Crippen LogP contribution is -2.44. The molecule has 3 aromatic carbocycles. The third kappa shape index (κ3) is 7.04. The van der Waals surface area contributed by atoms with Gasteiger partial charge in [-0.1, -0.05) is 47.5 Å². The first-order valence-corrected chi connectivity index (χ1v) is 13.7. The number of benzene rings is 3. The second kappa shape index (κ2) is 14.0. The van der Waals surface area contributed by atoms with Gasteiger partial charge in [-0.2, -0.15) is 0 Å². The van der Waals surface area contributed by atoms with E-state index < -0.39 is 35.3 Å². The number of ether oxygens (including phenoxy) is 1. The molecule has 42 heavy (non-hydrogen) atoms. The molecule has 0 aliphatic rings. The summed E-state index contributed by atoms with van der Waals surface area (Å²) in [5.41, 5.74) is 1.61. The summed E-state index contributed by atoms with van der Waals surface area (Å²) in [7, 11) is 3.43. The molecule has 9 nitrogen and oxygen atoms in total. The van der Waals surface area contributed by atoms with Crippen molar-refractivity contribution in [2.24, 2.45) is 7.05 Å². The number of fused-ring (bicyclic) bond motifs is 1. The van der Waals surface area contributed by atoms with Crippen LogP contribution in [0.1, 0.15) is 35.3 Å². The largest absolute Gasteiger partial charge is 0.461 e. The summed E-state index contributed by atoms with van der Waals surface area (Å²) in [4.78, 5) is 52.5. The molecule has 4 rings (SSSR count). The first-order chi connectivity index (χ1) is 19.5. The van der Waals surface area contributed by atoms with Crippen molar-refractivity contribution in [1.82, 2.24) is 19.8 Å². The molecule has 0 spiro atoms. The lowest BCUT2D eigenvalue weighted by Gasteiger charge is -2.20. The van der Waals surface area contributed by atoms with Gasteiger partial charge in [0, 0.05) is 20.0 Å². The minimum absolute atomic E-state index is 0. The second-order valence-corrected chi connectivity index (χ2v) is 10.7. The molecule has 0 unspecified atom stereocenters. The molecule has 1 heterocycles. The van der Waals surface area contributed by atoms with Gasteiger partial charge >= 0.3 is 11.7 Å². The van der Waals surface area contributed by atoms with Gasteiger partial charge in [0.1, 0.15) is 6.04 Å². The molecule has 0 aliphatic carbocycles. The lowest BCUT2D eigenvalue weighted by atomic mass is 10.0. The van der Waals surface area contributed by atoms with E-state index in [1.807, 2.05) is 13.1 Å². The van der Waals surface area contributed by atoms with Crippen molar-refractivity contribution in [3.05, 3.63) is 108 Å². The Bertz CT molecular complexity index is 1710. The van der Waals surface area contributed by atoms with Gasteiger partial charge in [-0.05, 0) is 68.4 Å². The van der Waals surface area contributed by atoms with Gasteiger partial charge in [-0.25, -0.2) is 14.2 Å². The van der Waals surface area contributed by atoms with Crippen molar-refractivity contribution < 1.29 is 14.3 Å². The molecular weight excluding hydrogens is 603 g/mol. The summed E-state index contributed by atoms with van der Waals surface area (Å²) in [6.07, 6.45) is -0.324. The Kier molecular flexibility index (Phi) is 11.0. The molecule has 1 atom stereocenters. The number of nitrogens with one attached hydrogen (secondary N) is 2. The number of halogens is 3. The average molecular weight is 634 g/mol. The summed E-state index contributed by atoms with van der Waals surface area (Å²) in [5, 5.41) is 6.45. The summed E-state index contributed by atoms with van der Waals surface area (Å²) >= 11 is 12.4. The van der Waals surface area contributed by atoms with Crippen LogP contribution in [0.15, 0.2) is 70.3 Å². The maximum Gasteiger partial charge on any atom is 0.335 e. The van der Waals surface area contributed by atoms with Crippen LogP contribution in [-0.2, 0) is 29.5 Å². The van der Waals surface area contributed by atoms with E-state index in [-0.39, 0.29) is 34.4 Å². The Balaban J connectivity index is 0.00000484. The van der Waals surface area contributed by atoms with Gasteiger partial charge < -0.3 is 15.4 Å². The Morgan fingerprint density at radius 2 is 1.57 bits per heavy atom. The Morgan fingerprint density at radius 3 is 2.17 bits per heavy atom. The number of hydrogen-bond acceptors (Lipinski definition) is 6. The molecule has 0 radical (unpaired) electrons. The van der Waals surface area contributed by atoms with E-state index in [1.165, 1.54) is 16.7 Å². The third-order valence-electron chi connectivity index (χ3n) is 6.48. The van der Waals surface area contributed by atoms with Crippen molar-refractivity contribution in [2.45, 2.75) is 39.0 Å². The van der Waals surface area contributed by atoms with Crippen LogP contribution >= 0.6 is 35.6 Å². The topological polar surface area (TPSA) is 111 Å². The Labute approximate surface area is 258 Å². The van der Waals surface area contributed by atoms with Crippen molar-refractivity contribution in [1.29, 1.82) is 0 Å². The fourth-order valence-electron chi connectivity index (χ4n) is 4.52. The first kappa shape index (κ1) is 32.9. The van der Waals surface area contributed by atoms with Crippen LogP contribution in [-0.4, -0.2) is 40.2 Å². The highest BCUT2D eigenvalue weighted by atomic mass is 35.5. The monoisotopic (exact) mass is 632 g/mol. The predicted molar refractivity (Wildman–Crippen MR) is 167 cm³/mol. The van der Waals surface area contributed by atoms with Gasteiger partial charge in [-0.15, -0.1) is 12.4 Å². The summed E-state index contributed by atoms with van der Waals surface area (Å²) in [6, 6.07) is 15.7. The fourth-order valence-corrected chi connectivity index (χ4v) is 5.09. The summed E-state index contributed by atoms with van der Waals surface area (Å²) in [5.74, 6) is -1.25. The van der Waals surface area contributed by atoms with Crippen LogP contribution in [0.2, 0.25) is 10.0 Å². The molecule has 0 aliphatic heterocycles. The van der Waals surface area contributed by atoms with E-state index in [0.29, 0.717) is 28.7 Å². The van der Waals surface area contributed by atoms with Gasteiger partial charge in [0.2, 0.25) is 0 Å². The van der Waals surface area contributed by atoms with Gasteiger partial charge in [-0.3, -0.25) is 14.2 Å². The van der Waals surface area contributed by atoms with Gasteiger partial charge in [0.05, 0.1) is 38.3 Å². The predicted octanol–water partition coefficient (Wildman–Crippen LogP) is 4.43. The third-order valence-corrected chi connectivity index (χ3v) is 7.11. The molecule has 2 N–H and O–H groups in total. The quantitative estimate of drug-likeness (QED) is 0.264. The van der Waals surface area contributed by atoms with Gasteiger partial charge in [0.25, 0.3) is 11.5 Å². The molecule has 4 aromatic rings. The standard InChI is InChI=1S/C30H30Cl2N4O5.ClH/c1-17(2)41-29(39)24(34-27(37)26-22(31)6-5-7-23(26)32)15-18-8-11-20(12-9-18)36-28(38)21-14-19(16-33-3)10-13-25(21)35(4)30(36)40;/h5-14,17,24,33H,15-16H2,1-4H3,(H,34,37);1H/t24-;/m0./s1. The summed E-state index contributed by atoms with van der Waals surface area (Å²) in [6.45, 7) is 3.99. The molecule has 0 saturated carbocycles. The maximum absolute atomic E-state index is 13.4. The highest BCUT2D eigenvalue weighted by Crippen LogP contribution is 2.24. The highest BCUT2D eigenvalue weighted by molar-refractivity contribution is 6.39. The molecule has 222 valence electrons. The van der Waals surface area contributed by atoms with Crippen LogP contribution in [0.25, 0.3) is 16.6 Å². The lowest BCUT2D eigenvalue weighted by molar-refractivity contribution is -0.149.